The molecule has 0 saturated carbocycles. The van der Waals surface area contributed by atoms with Crippen LogP contribution in [-0.2, 0) is 4.74 Å². The highest BCUT2D eigenvalue weighted by molar-refractivity contribution is 5.00. The Labute approximate surface area is 113 Å². The SMILES string of the molecule is CCNC(C1CCCOC1)C(CC)(CC)N(C)C. The lowest BCUT2D eigenvalue weighted by atomic mass is 9.75. The minimum Gasteiger partial charge on any atom is -0.381 e. The summed E-state index contributed by atoms with van der Waals surface area (Å²) in [6.45, 7) is 9.75. The molecule has 0 aromatic heterocycles. The minimum absolute atomic E-state index is 0.251. The molecule has 1 heterocycles. The summed E-state index contributed by atoms with van der Waals surface area (Å²) >= 11 is 0. The summed E-state index contributed by atoms with van der Waals surface area (Å²) < 4.78 is 5.71. The molecule has 2 unspecified atom stereocenters. The van der Waals surface area contributed by atoms with Crippen LogP contribution in [0.5, 0.6) is 0 Å². The van der Waals surface area contributed by atoms with Gasteiger partial charge in [-0.25, -0.2) is 0 Å². The van der Waals surface area contributed by atoms with E-state index in [2.05, 4.69) is 45.1 Å². The summed E-state index contributed by atoms with van der Waals surface area (Å²) in [6.07, 6.45) is 4.88. The molecule has 18 heavy (non-hydrogen) atoms. The van der Waals surface area contributed by atoms with Crippen LogP contribution in [0.3, 0.4) is 0 Å². The smallest absolute Gasteiger partial charge is 0.0509 e. The van der Waals surface area contributed by atoms with Crippen molar-refractivity contribution in [3.8, 4) is 0 Å². The number of rotatable bonds is 7. The normalized spacial score (nSPS) is 23.3. The molecule has 1 N–H and O–H groups in total. The molecule has 0 bridgehead atoms. The van der Waals surface area contributed by atoms with Crippen molar-refractivity contribution in [1.82, 2.24) is 10.2 Å². The third kappa shape index (κ3) is 3.25. The van der Waals surface area contributed by atoms with Gasteiger partial charge in [0.2, 0.25) is 0 Å². The van der Waals surface area contributed by atoms with E-state index in [1.54, 1.807) is 0 Å². The first-order valence-corrected chi connectivity index (χ1v) is 7.60. The second kappa shape index (κ2) is 7.46. The molecule has 0 radical (unpaired) electrons. The van der Waals surface area contributed by atoms with E-state index in [4.69, 9.17) is 4.74 Å². The molecule has 0 aliphatic carbocycles. The molecule has 1 aliphatic rings. The third-order valence-corrected chi connectivity index (χ3v) is 4.79. The fourth-order valence-corrected chi connectivity index (χ4v) is 3.64. The summed E-state index contributed by atoms with van der Waals surface area (Å²) in [6, 6.07) is 0.535. The third-order valence-electron chi connectivity index (χ3n) is 4.79. The fourth-order valence-electron chi connectivity index (χ4n) is 3.64. The van der Waals surface area contributed by atoms with Crippen molar-refractivity contribution in [2.24, 2.45) is 5.92 Å². The first kappa shape index (κ1) is 15.9. The number of nitrogens with one attached hydrogen (secondary N) is 1. The average Bonchev–Trinajstić information content (AvgIpc) is 2.40. The molecule has 0 spiro atoms. The average molecular weight is 256 g/mol. The second-order valence-corrected chi connectivity index (χ2v) is 5.72. The van der Waals surface area contributed by atoms with Gasteiger partial charge in [-0.1, -0.05) is 20.8 Å². The zero-order valence-electron chi connectivity index (χ0n) is 13.0. The Morgan fingerprint density at radius 2 is 1.94 bits per heavy atom. The second-order valence-electron chi connectivity index (χ2n) is 5.72. The van der Waals surface area contributed by atoms with Gasteiger partial charge >= 0.3 is 0 Å². The summed E-state index contributed by atoms with van der Waals surface area (Å²) in [5.41, 5.74) is 0.251. The van der Waals surface area contributed by atoms with E-state index in [9.17, 15) is 0 Å². The molecule has 1 aliphatic heterocycles. The van der Waals surface area contributed by atoms with Crippen LogP contribution in [0, 0.1) is 5.92 Å². The van der Waals surface area contributed by atoms with Crippen LogP contribution in [-0.4, -0.2) is 50.3 Å². The van der Waals surface area contributed by atoms with Gasteiger partial charge in [-0.05, 0) is 52.2 Å². The van der Waals surface area contributed by atoms with E-state index in [0.717, 1.165) is 19.8 Å². The number of hydrogen-bond donors (Lipinski definition) is 1. The number of hydrogen-bond acceptors (Lipinski definition) is 3. The van der Waals surface area contributed by atoms with Gasteiger partial charge in [-0.15, -0.1) is 0 Å². The molecule has 108 valence electrons. The summed E-state index contributed by atoms with van der Waals surface area (Å²) in [5.74, 6) is 0.654. The van der Waals surface area contributed by atoms with Crippen molar-refractivity contribution in [2.75, 3.05) is 33.9 Å². The van der Waals surface area contributed by atoms with Crippen LogP contribution in [0.1, 0.15) is 46.5 Å². The monoisotopic (exact) mass is 256 g/mol. The van der Waals surface area contributed by atoms with Crippen LogP contribution in [0.15, 0.2) is 0 Å². The van der Waals surface area contributed by atoms with Gasteiger partial charge in [0.25, 0.3) is 0 Å². The van der Waals surface area contributed by atoms with Crippen LogP contribution in [0.25, 0.3) is 0 Å². The number of likely N-dealkylation sites (N-methyl/N-ethyl adjacent to an activating group) is 2. The van der Waals surface area contributed by atoms with Crippen molar-refractivity contribution in [3.05, 3.63) is 0 Å². The van der Waals surface area contributed by atoms with Gasteiger partial charge in [0.15, 0.2) is 0 Å². The lowest BCUT2D eigenvalue weighted by Crippen LogP contribution is -2.62. The quantitative estimate of drug-likeness (QED) is 0.757. The number of nitrogens with zero attached hydrogens (tertiary/aromatic N) is 1. The summed E-state index contributed by atoms with van der Waals surface area (Å²) in [5, 5.41) is 3.75. The Morgan fingerprint density at radius 3 is 2.33 bits per heavy atom. The van der Waals surface area contributed by atoms with E-state index in [1.165, 1.54) is 25.7 Å². The molecule has 3 nitrogen and oxygen atoms in total. The molecular weight excluding hydrogens is 224 g/mol. The molecule has 1 rings (SSSR count). The Bertz CT molecular complexity index is 221. The van der Waals surface area contributed by atoms with Crippen LogP contribution >= 0.6 is 0 Å². The minimum atomic E-state index is 0.251. The molecule has 0 aromatic carbocycles. The molecule has 0 amide bonds. The van der Waals surface area contributed by atoms with Crippen LogP contribution < -0.4 is 5.32 Å². The Kier molecular flexibility index (Phi) is 6.61. The zero-order chi connectivity index (χ0) is 13.6. The van der Waals surface area contributed by atoms with E-state index in [-0.39, 0.29) is 5.54 Å². The van der Waals surface area contributed by atoms with Crippen molar-refractivity contribution in [1.29, 1.82) is 0 Å². The highest BCUT2D eigenvalue weighted by Crippen LogP contribution is 2.33. The Hall–Kier alpha value is -0.120. The highest BCUT2D eigenvalue weighted by Gasteiger charge is 2.42. The lowest BCUT2D eigenvalue weighted by Gasteiger charge is -2.49. The van der Waals surface area contributed by atoms with E-state index in [1.807, 2.05) is 0 Å². The van der Waals surface area contributed by atoms with Crippen LogP contribution in [0.2, 0.25) is 0 Å². The van der Waals surface area contributed by atoms with Gasteiger partial charge in [0, 0.05) is 18.2 Å². The summed E-state index contributed by atoms with van der Waals surface area (Å²) in [7, 11) is 4.45. The largest absolute Gasteiger partial charge is 0.381 e. The molecule has 0 aromatic rings. The van der Waals surface area contributed by atoms with Gasteiger partial charge in [0.05, 0.1) is 6.61 Å². The predicted octanol–water partition coefficient (Wildman–Crippen LogP) is 2.51. The summed E-state index contributed by atoms with van der Waals surface area (Å²) in [4.78, 5) is 2.43. The zero-order valence-corrected chi connectivity index (χ0v) is 13.0. The molecule has 1 fully saturated rings. The maximum Gasteiger partial charge on any atom is 0.0509 e. The molecule has 3 heteroatoms. The van der Waals surface area contributed by atoms with Gasteiger partial charge in [-0.3, -0.25) is 0 Å². The maximum atomic E-state index is 5.71. The Morgan fingerprint density at radius 1 is 1.28 bits per heavy atom. The fraction of sp³-hybridized carbons (Fsp3) is 1.00. The van der Waals surface area contributed by atoms with Gasteiger partial charge in [0.1, 0.15) is 0 Å². The standard InChI is InChI=1S/C15H32N2O/c1-6-15(7-2,17(4)5)14(16-8-3)13-10-9-11-18-12-13/h13-14,16H,6-12H2,1-5H3. The first-order chi connectivity index (χ1) is 8.62. The van der Waals surface area contributed by atoms with E-state index in [0.29, 0.717) is 12.0 Å². The number of ether oxygens (including phenoxy) is 1. The van der Waals surface area contributed by atoms with E-state index >= 15 is 0 Å². The van der Waals surface area contributed by atoms with Crippen molar-refractivity contribution < 1.29 is 4.74 Å². The first-order valence-electron chi connectivity index (χ1n) is 7.60. The van der Waals surface area contributed by atoms with Crippen molar-refractivity contribution in [2.45, 2.75) is 58.0 Å². The predicted molar refractivity (Wildman–Crippen MR) is 78.0 cm³/mol. The molecule has 1 saturated heterocycles. The highest BCUT2D eigenvalue weighted by atomic mass is 16.5. The Balaban J connectivity index is 2.91. The lowest BCUT2D eigenvalue weighted by molar-refractivity contribution is -0.00958. The molecule has 2 atom stereocenters. The van der Waals surface area contributed by atoms with Crippen molar-refractivity contribution >= 4 is 0 Å². The van der Waals surface area contributed by atoms with E-state index < -0.39 is 0 Å². The van der Waals surface area contributed by atoms with Crippen LogP contribution in [0.4, 0.5) is 0 Å². The maximum absolute atomic E-state index is 5.71. The molecular formula is C15H32N2O. The topological polar surface area (TPSA) is 24.5 Å². The van der Waals surface area contributed by atoms with Crippen molar-refractivity contribution in [3.63, 3.8) is 0 Å². The van der Waals surface area contributed by atoms with Gasteiger partial charge in [-0.2, -0.15) is 0 Å². The van der Waals surface area contributed by atoms with Gasteiger partial charge < -0.3 is 15.0 Å².